The van der Waals surface area contributed by atoms with Crippen molar-refractivity contribution in [3.8, 4) is 0 Å². The summed E-state index contributed by atoms with van der Waals surface area (Å²) in [6.07, 6.45) is 2.74. The fourth-order valence-electron chi connectivity index (χ4n) is 3.54. The van der Waals surface area contributed by atoms with Crippen molar-refractivity contribution in [1.82, 2.24) is 10.2 Å². The van der Waals surface area contributed by atoms with Gasteiger partial charge in [0.25, 0.3) is 0 Å². The second-order valence-electron chi connectivity index (χ2n) is 7.10. The number of hydrogen-bond acceptors (Lipinski definition) is 3. The SMILES string of the molecule is CCNC(=NCc1ccc(N2CCCC2=O)cc1)N(C)CC1CCOC1. The van der Waals surface area contributed by atoms with E-state index in [1.807, 2.05) is 17.0 Å². The number of nitrogens with zero attached hydrogens (tertiary/aromatic N) is 3. The number of ether oxygens (including phenoxy) is 1. The van der Waals surface area contributed by atoms with Gasteiger partial charge in [0.05, 0.1) is 13.2 Å². The minimum atomic E-state index is 0.225. The van der Waals surface area contributed by atoms with Gasteiger partial charge in [-0.1, -0.05) is 12.1 Å². The lowest BCUT2D eigenvalue weighted by atomic mass is 10.1. The van der Waals surface area contributed by atoms with Crippen LogP contribution in [0.5, 0.6) is 0 Å². The molecule has 1 N–H and O–H groups in total. The molecule has 2 saturated heterocycles. The molecule has 1 atom stereocenters. The van der Waals surface area contributed by atoms with E-state index < -0.39 is 0 Å². The van der Waals surface area contributed by atoms with Crippen molar-refractivity contribution in [2.24, 2.45) is 10.9 Å². The van der Waals surface area contributed by atoms with Crippen LogP contribution < -0.4 is 10.2 Å². The molecule has 2 fully saturated rings. The Morgan fingerprint density at radius 3 is 2.81 bits per heavy atom. The number of carbonyl (C=O) groups is 1. The Labute approximate surface area is 156 Å². The summed E-state index contributed by atoms with van der Waals surface area (Å²) in [7, 11) is 2.09. The summed E-state index contributed by atoms with van der Waals surface area (Å²) in [6.45, 7) is 7.07. The van der Waals surface area contributed by atoms with Crippen LogP contribution in [0.1, 0.15) is 31.7 Å². The average Bonchev–Trinajstić information content (AvgIpc) is 3.30. The normalized spacial score (nSPS) is 20.7. The Kier molecular flexibility index (Phi) is 6.50. The van der Waals surface area contributed by atoms with Gasteiger partial charge in [-0.2, -0.15) is 0 Å². The lowest BCUT2D eigenvalue weighted by Crippen LogP contribution is -2.41. The summed E-state index contributed by atoms with van der Waals surface area (Å²) < 4.78 is 5.47. The average molecular weight is 358 g/mol. The van der Waals surface area contributed by atoms with Crippen LogP contribution in [0, 0.1) is 5.92 Å². The Morgan fingerprint density at radius 2 is 2.19 bits per heavy atom. The summed E-state index contributed by atoms with van der Waals surface area (Å²) in [6, 6.07) is 8.19. The van der Waals surface area contributed by atoms with Gasteiger partial charge < -0.3 is 19.9 Å². The minimum absolute atomic E-state index is 0.225. The molecule has 3 rings (SSSR count). The molecule has 0 aromatic heterocycles. The van der Waals surface area contributed by atoms with Crippen molar-refractivity contribution in [3.05, 3.63) is 29.8 Å². The molecule has 6 nitrogen and oxygen atoms in total. The Morgan fingerprint density at radius 1 is 1.38 bits per heavy atom. The van der Waals surface area contributed by atoms with E-state index in [4.69, 9.17) is 9.73 Å². The third-order valence-electron chi connectivity index (χ3n) is 4.99. The fourth-order valence-corrected chi connectivity index (χ4v) is 3.54. The highest BCUT2D eigenvalue weighted by Crippen LogP contribution is 2.21. The van der Waals surface area contributed by atoms with Gasteiger partial charge in [-0.25, -0.2) is 4.99 Å². The van der Waals surface area contributed by atoms with E-state index in [0.29, 0.717) is 18.9 Å². The molecule has 2 aliphatic rings. The van der Waals surface area contributed by atoms with Crippen LogP contribution >= 0.6 is 0 Å². The second-order valence-corrected chi connectivity index (χ2v) is 7.10. The molecule has 0 saturated carbocycles. The zero-order valence-corrected chi connectivity index (χ0v) is 15.9. The van der Waals surface area contributed by atoms with Crippen molar-refractivity contribution in [1.29, 1.82) is 0 Å². The minimum Gasteiger partial charge on any atom is -0.381 e. The molecule has 1 amide bonds. The molecule has 0 spiro atoms. The van der Waals surface area contributed by atoms with Gasteiger partial charge in [0, 0.05) is 51.3 Å². The number of aliphatic imine (C=N–C) groups is 1. The van der Waals surface area contributed by atoms with Crippen molar-refractivity contribution in [2.45, 2.75) is 32.7 Å². The van der Waals surface area contributed by atoms with Crippen LogP contribution in [0.2, 0.25) is 0 Å². The van der Waals surface area contributed by atoms with Crippen molar-refractivity contribution in [3.63, 3.8) is 0 Å². The predicted molar refractivity (Wildman–Crippen MR) is 104 cm³/mol. The predicted octanol–water partition coefficient (Wildman–Crippen LogP) is 2.25. The Balaban J connectivity index is 1.60. The zero-order valence-electron chi connectivity index (χ0n) is 15.9. The molecule has 1 aromatic rings. The first kappa shape index (κ1) is 18.7. The first-order valence-electron chi connectivity index (χ1n) is 9.64. The van der Waals surface area contributed by atoms with E-state index >= 15 is 0 Å². The topological polar surface area (TPSA) is 57.2 Å². The number of rotatable bonds is 6. The van der Waals surface area contributed by atoms with Gasteiger partial charge >= 0.3 is 0 Å². The van der Waals surface area contributed by atoms with Crippen LogP contribution in [0.15, 0.2) is 29.3 Å². The van der Waals surface area contributed by atoms with E-state index in [2.05, 4.69) is 36.3 Å². The van der Waals surface area contributed by atoms with Crippen molar-refractivity contribution in [2.75, 3.05) is 44.8 Å². The van der Waals surface area contributed by atoms with Gasteiger partial charge in [0.2, 0.25) is 5.91 Å². The van der Waals surface area contributed by atoms with Crippen LogP contribution in [0.25, 0.3) is 0 Å². The highest BCUT2D eigenvalue weighted by molar-refractivity contribution is 5.95. The largest absolute Gasteiger partial charge is 0.381 e. The third kappa shape index (κ3) is 4.75. The van der Waals surface area contributed by atoms with Crippen LogP contribution in [0.4, 0.5) is 5.69 Å². The summed E-state index contributed by atoms with van der Waals surface area (Å²) in [4.78, 5) is 20.7. The molecule has 1 aromatic carbocycles. The Hall–Kier alpha value is -2.08. The van der Waals surface area contributed by atoms with Crippen molar-refractivity contribution >= 4 is 17.6 Å². The highest BCUT2D eigenvalue weighted by atomic mass is 16.5. The van der Waals surface area contributed by atoms with E-state index in [1.165, 1.54) is 0 Å². The molecule has 6 heteroatoms. The lowest BCUT2D eigenvalue weighted by molar-refractivity contribution is -0.117. The monoisotopic (exact) mass is 358 g/mol. The molecule has 0 aliphatic carbocycles. The van der Waals surface area contributed by atoms with Crippen LogP contribution in [-0.2, 0) is 16.1 Å². The molecule has 2 aliphatic heterocycles. The number of nitrogens with one attached hydrogen (secondary N) is 1. The number of anilines is 1. The van der Waals surface area contributed by atoms with Gasteiger partial charge in [-0.3, -0.25) is 4.79 Å². The summed E-state index contributed by atoms with van der Waals surface area (Å²) in [5.41, 5.74) is 2.14. The van der Waals surface area contributed by atoms with Gasteiger partial charge in [-0.05, 0) is 37.5 Å². The molecule has 0 bridgehead atoms. The van der Waals surface area contributed by atoms with E-state index in [9.17, 15) is 4.79 Å². The summed E-state index contributed by atoms with van der Waals surface area (Å²) in [5, 5.41) is 3.37. The standard InChI is InChI=1S/C20H30N4O2/c1-3-21-20(23(2)14-17-10-12-26-15-17)22-13-16-6-8-18(9-7-16)24-11-4-5-19(24)25/h6-9,17H,3-5,10-15H2,1-2H3,(H,21,22). The van der Waals surface area contributed by atoms with Crippen LogP contribution in [0.3, 0.4) is 0 Å². The number of amides is 1. The first-order chi connectivity index (χ1) is 12.7. The molecule has 142 valence electrons. The number of benzene rings is 1. The van der Waals surface area contributed by atoms with Gasteiger partial charge in [0.15, 0.2) is 5.96 Å². The third-order valence-corrected chi connectivity index (χ3v) is 4.99. The molecule has 0 radical (unpaired) electrons. The van der Waals surface area contributed by atoms with E-state index in [-0.39, 0.29) is 5.91 Å². The van der Waals surface area contributed by atoms with Crippen molar-refractivity contribution < 1.29 is 9.53 Å². The second kappa shape index (κ2) is 9.03. The van der Waals surface area contributed by atoms with Gasteiger partial charge in [0.1, 0.15) is 0 Å². The van der Waals surface area contributed by atoms with E-state index in [1.54, 1.807) is 0 Å². The van der Waals surface area contributed by atoms with Crippen LogP contribution in [-0.4, -0.2) is 56.7 Å². The highest BCUT2D eigenvalue weighted by Gasteiger charge is 2.21. The Bertz CT molecular complexity index is 623. The quantitative estimate of drug-likeness (QED) is 0.626. The fraction of sp³-hybridized carbons (Fsp3) is 0.600. The molecular weight excluding hydrogens is 328 g/mol. The first-order valence-corrected chi connectivity index (χ1v) is 9.64. The van der Waals surface area contributed by atoms with Gasteiger partial charge in [-0.15, -0.1) is 0 Å². The maximum absolute atomic E-state index is 11.8. The molecule has 1 unspecified atom stereocenters. The zero-order chi connectivity index (χ0) is 18.4. The maximum Gasteiger partial charge on any atom is 0.227 e. The smallest absolute Gasteiger partial charge is 0.227 e. The maximum atomic E-state index is 11.8. The summed E-state index contributed by atoms with van der Waals surface area (Å²) in [5.74, 6) is 1.74. The lowest BCUT2D eigenvalue weighted by Gasteiger charge is -2.24. The molecule has 26 heavy (non-hydrogen) atoms. The molecular formula is C20H30N4O2. The number of hydrogen-bond donors (Lipinski definition) is 1. The number of guanidine groups is 1. The summed E-state index contributed by atoms with van der Waals surface area (Å²) >= 11 is 0. The van der Waals surface area contributed by atoms with E-state index in [0.717, 1.165) is 62.9 Å². The molecule has 2 heterocycles. The number of carbonyl (C=O) groups excluding carboxylic acids is 1.